The molecule has 2 heteroatoms. The maximum atomic E-state index is 5.71. The van der Waals surface area contributed by atoms with Crippen molar-refractivity contribution in [1.29, 1.82) is 0 Å². The van der Waals surface area contributed by atoms with E-state index in [9.17, 15) is 0 Å². The van der Waals surface area contributed by atoms with Crippen LogP contribution in [0.4, 0.5) is 5.69 Å². The third kappa shape index (κ3) is 2.47. The first-order valence-electron chi connectivity index (χ1n) is 6.20. The van der Waals surface area contributed by atoms with E-state index < -0.39 is 0 Å². The fourth-order valence-electron chi connectivity index (χ4n) is 2.05. The third-order valence-electron chi connectivity index (χ3n) is 3.07. The molecule has 0 fully saturated rings. The Morgan fingerprint density at radius 1 is 0.684 bits per heavy atom. The number of aromatic nitrogens is 1. The van der Waals surface area contributed by atoms with E-state index in [-0.39, 0.29) is 0 Å². The van der Waals surface area contributed by atoms with Crippen LogP contribution in [0.5, 0.6) is 0 Å². The van der Waals surface area contributed by atoms with Gasteiger partial charge in [0.05, 0.1) is 5.69 Å². The lowest BCUT2D eigenvalue weighted by molar-refractivity contribution is 1.33. The van der Waals surface area contributed by atoms with Gasteiger partial charge in [0.15, 0.2) is 0 Å². The van der Waals surface area contributed by atoms with Gasteiger partial charge in [0.1, 0.15) is 0 Å². The molecule has 0 spiro atoms. The quantitative estimate of drug-likeness (QED) is 0.694. The minimum absolute atomic E-state index is 0.767. The van der Waals surface area contributed by atoms with E-state index in [1.54, 1.807) is 0 Å². The summed E-state index contributed by atoms with van der Waals surface area (Å²) in [6.07, 6.45) is 1.84. The Labute approximate surface area is 112 Å². The summed E-state index contributed by atoms with van der Waals surface area (Å²) in [5.74, 6) is 0. The van der Waals surface area contributed by atoms with Gasteiger partial charge < -0.3 is 5.73 Å². The summed E-state index contributed by atoms with van der Waals surface area (Å²) in [5, 5.41) is 0. The van der Waals surface area contributed by atoms with E-state index in [0.29, 0.717) is 0 Å². The molecule has 0 atom stereocenters. The lowest BCUT2D eigenvalue weighted by Gasteiger charge is -2.05. The molecule has 0 saturated heterocycles. The molecule has 2 N–H and O–H groups in total. The molecular weight excluding hydrogens is 232 g/mol. The van der Waals surface area contributed by atoms with Gasteiger partial charge in [0.25, 0.3) is 0 Å². The molecule has 3 rings (SSSR count). The molecule has 2 aromatic carbocycles. The molecule has 19 heavy (non-hydrogen) atoms. The number of nitrogens with zero attached hydrogens (tertiary/aromatic N) is 1. The zero-order valence-electron chi connectivity index (χ0n) is 10.5. The highest BCUT2D eigenvalue weighted by Crippen LogP contribution is 2.24. The summed E-state index contributed by atoms with van der Waals surface area (Å²) < 4.78 is 0. The molecule has 1 aromatic heterocycles. The molecule has 0 aliphatic carbocycles. The van der Waals surface area contributed by atoms with Crippen molar-refractivity contribution in [1.82, 2.24) is 4.98 Å². The van der Waals surface area contributed by atoms with E-state index in [1.807, 2.05) is 54.7 Å². The molecule has 0 bridgehead atoms. The molecule has 0 saturated carbocycles. The molecule has 92 valence electrons. The van der Waals surface area contributed by atoms with Gasteiger partial charge in [-0.25, -0.2) is 0 Å². The number of hydrogen-bond acceptors (Lipinski definition) is 2. The average molecular weight is 246 g/mol. The lowest BCUT2D eigenvalue weighted by atomic mass is 10.0. The van der Waals surface area contributed by atoms with Crippen molar-refractivity contribution in [3.05, 3.63) is 72.9 Å². The highest BCUT2D eigenvalue weighted by molar-refractivity contribution is 5.70. The molecule has 3 aromatic rings. The summed E-state index contributed by atoms with van der Waals surface area (Å²) in [4.78, 5) is 4.42. The number of pyridine rings is 1. The number of nitrogens with two attached hydrogens (primary N) is 1. The number of nitrogen functional groups attached to an aromatic ring is 1. The van der Waals surface area contributed by atoms with Gasteiger partial charge in [-0.05, 0) is 35.4 Å². The Morgan fingerprint density at radius 2 is 1.42 bits per heavy atom. The van der Waals surface area contributed by atoms with Gasteiger partial charge in [-0.2, -0.15) is 0 Å². The SMILES string of the molecule is Nc1ccc(-c2cc(-c3ccccc3)ccn2)cc1. The molecule has 0 aliphatic heterocycles. The van der Waals surface area contributed by atoms with Crippen molar-refractivity contribution >= 4 is 5.69 Å². The van der Waals surface area contributed by atoms with Crippen LogP contribution in [0.25, 0.3) is 22.4 Å². The standard InChI is InChI=1S/C17H14N2/c18-16-8-6-14(7-9-16)17-12-15(10-11-19-17)13-4-2-1-3-5-13/h1-12H,18H2. The summed E-state index contributed by atoms with van der Waals surface area (Å²) in [7, 11) is 0. The highest BCUT2D eigenvalue weighted by atomic mass is 14.7. The summed E-state index contributed by atoms with van der Waals surface area (Å²) in [5.41, 5.74) is 10.9. The minimum Gasteiger partial charge on any atom is -0.399 e. The minimum atomic E-state index is 0.767. The van der Waals surface area contributed by atoms with Crippen LogP contribution in [0.15, 0.2) is 72.9 Å². The monoisotopic (exact) mass is 246 g/mol. The topological polar surface area (TPSA) is 38.9 Å². The van der Waals surface area contributed by atoms with Crippen molar-refractivity contribution in [3.63, 3.8) is 0 Å². The normalized spacial score (nSPS) is 10.3. The Kier molecular flexibility index (Phi) is 2.99. The summed E-state index contributed by atoms with van der Waals surface area (Å²) in [6.45, 7) is 0. The third-order valence-corrected chi connectivity index (χ3v) is 3.07. The molecule has 0 unspecified atom stereocenters. The predicted molar refractivity (Wildman–Crippen MR) is 79.5 cm³/mol. The van der Waals surface area contributed by atoms with Gasteiger partial charge >= 0.3 is 0 Å². The Morgan fingerprint density at radius 3 is 2.16 bits per heavy atom. The molecule has 2 nitrogen and oxygen atoms in total. The van der Waals surface area contributed by atoms with E-state index in [4.69, 9.17) is 5.73 Å². The zero-order chi connectivity index (χ0) is 13.1. The summed E-state index contributed by atoms with van der Waals surface area (Å²) >= 11 is 0. The van der Waals surface area contributed by atoms with Gasteiger partial charge in [-0.3, -0.25) is 4.98 Å². The Hall–Kier alpha value is -2.61. The van der Waals surface area contributed by atoms with Crippen LogP contribution in [0, 0.1) is 0 Å². The van der Waals surface area contributed by atoms with Crippen LogP contribution in [-0.4, -0.2) is 4.98 Å². The van der Waals surface area contributed by atoms with Gasteiger partial charge in [0.2, 0.25) is 0 Å². The van der Waals surface area contributed by atoms with Crippen LogP contribution in [0.3, 0.4) is 0 Å². The number of benzene rings is 2. The van der Waals surface area contributed by atoms with E-state index in [2.05, 4.69) is 23.2 Å². The summed E-state index contributed by atoms with van der Waals surface area (Å²) in [6, 6.07) is 22.2. The fraction of sp³-hybridized carbons (Fsp3) is 0. The fourth-order valence-corrected chi connectivity index (χ4v) is 2.05. The smallest absolute Gasteiger partial charge is 0.0708 e. The Balaban J connectivity index is 2.03. The zero-order valence-corrected chi connectivity index (χ0v) is 10.5. The molecule has 0 amide bonds. The van der Waals surface area contributed by atoms with Crippen molar-refractivity contribution in [3.8, 4) is 22.4 Å². The second-order valence-electron chi connectivity index (χ2n) is 4.42. The van der Waals surface area contributed by atoms with Gasteiger partial charge in [0, 0.05) is 17.4 Å². The van der Waals surface area contributed by atoms with Crippen LogP contribution in [-0.2, 0) is 0 Å². The second-order valence-corrected chi connectivity index (χ2v) is 4.42. The average Bonchev–Trinajstić information content (AvgIpc) is 2.49. The van der Waals surface area contributed by atoms with Crippen LogP contribution in [0.2, 0.25) is 0 Å². The van der Waals surface area contributed by atoms with Crippen molar-refractivity contribution < 1.29 is 0 Å². The van der Waals surface area contributed by atoms with Gasteiger partial charge in [-0.1, -0.05) is 42.5 Å². The van der Waals surface area contributed by atoms with Crippen LogP contribution < -0.4 is 5.73 Å². The first-order chi connectivity index (χ1) is 9.33. The lowest BCUT2D eigenvalue weighted by Crippen LogP contribution is -1.87. The maximum Gasteiger partial charge on any atom is 0.0708 e. The largest absolute Gasteiger partial charge is 0.399 e. The first-order valence-corrected chi connectivity index (χ1v) is 6.20. The molecular formula is C17H14N2. The molecule has 0 aliphatic rings. The van der Waals surface area contributed by atoms with E-state index in [0.717, 1.165) is 16.9 Å². The van der Waals surface area contributed by atoms with E-state index >= 15 is 0 Å². The van der Waals surface area contributed by atoms with Crippen LogP contribution >= 0.6 is 0 Å². The van der Waals surface area contributed by atoms with E-state index in [1.165, 1.54) is 11.1 Å². The number of rotatable bonds is 2. The second kappa shape index (κ2) is 4.94. The number of anilines is 1. The van der Waals surface area contributed by atoms with Gasteiger partial charge in [-0.15, -0.1) is 0 Å². The van der Waals surface area contributed by atoms with Crippen molar-refractivity contribution in [2.75, 3.05) is 5.73 Å². The first kappa shape index (κ1) is 11.5. The maximum absolute atomic E-state index is 5.71. The highest BCUT2D eigenvalue weighted by Gasteiger charge is 2.02. The van der Waals surface area contributed by atoms with Crippen molar-refractivity contribution in [2.45, 2.75) is 0 Å². The Bertz CT molecular complexity index is 673. The predicted octanol–water partition coefficient (Wildman–Crippen LogP) is 4.00. The molecule has 1 heterocycles. The van der Waals surface area contributed by atoms with Crippen molar-refractivity contribution in [2.24, 2.45) is 0 Å². The molecule has 0 radical (unpaired) electrons. The number of hydrogen-bond donors (Lipinski definition) is 1. The van der Waals surface area contributed by atoms with Crippen LogP contribution in [0.1, 0.15) is 0 Å².